The van der Waals surface area contributed by atoms with Crippen LogP contribution in [-0.2, 0) is 4.79 Å². The van der Waals surface area contributed by atoms with E-state index in [2.05, 4.69) is 16.8 Å². The first kappa shape index (κ1) is 16.2. The molecule has 1 aliphatic heterocycles. The Hall–Kier alpha value is -0.870. The number of likely N-dealkylation sites (tertiary alicyclic amines) is 1. The van der Waals surface area contributed by atoms with E-state index < -0.39 is 0 Å². The summed E-state index contributed by atoms with van der Waals surface area (Å²) in [6, 6.07) is 0. The Labute approximate surface area is 117 Å². The second-order valence-electron chi connectivity index (χ2n) is 5.67. The van der Waals surface area contributed by atoms with Gasteiger partial charge in [-0.3, -0.25) is 9.69 Å². The molecular formula is C15H29N3O. The quantitative estimate of drug-likeness (QED) is 0.707. The highest BCUT2D eigenvalue weighted by atomic mass is 16.2. The van der Waals surface area contributed by atoms with Crippen molar-refractivity contribution in [3.8, 4) is 0 Å². The molecule has 1 unspecified atom stereocenters. The van der Waals surface area contributed by atoms with Crippen molar-refractivity contribution in [2.45, 2.75) is 26.7 Å². The fraction of sp³-hybridized carbons (Fsp3) is 0.800. The van der Waals surface area contributed by atoms with Gasteiger partial charge in [0.1, 0.15) is 0 Å². The summed E-state index contributed by atoms with van der Waals surface area (Å²) in [5, 5.41) is 3.24. The molecule has 0 aliphatic carbocycles. The molecular weight excluding hydrogens is 238 g/mol. The summed E-state index contributed by atoms with van der Waals surface area (Å²) >= 11 is 0. The first-order chi connectivity index (χ1) is 9.06. The number of nitrogens with zero attached hydrogens (tertiary/aromatic N) is 2. The summed E-state index contributed by atoms with van der Waals surface area (Å²) in [5.74, 6) is 0.915. The van der Waals surface area contributed by atoms with Gasteiger partial charge < -0.3 is 10.2 Å². The smallest absolute Gasteiger partial charge is 0.237 e. The summed E-state index contributed by atoms with van der Waals surface area (Å²) in [5.41, 5.74) is 1.04. The van der Waals surface area contributed by atoms with E-state index in [1.54, 1.807) is 0 Å². The number of rotatable bonds is 7. The molecule has 1 amide bonds. The lowest BCUT2D eigenvalue weighted by Gasteiger charge is -2.33. The van der Waals surface area contributed by atoms with E-state index in [0.717, 1.165) is 31.8 Å². The van der Waals surface area contributed by atoms with Gasteiger partial charge >= 0.3 is 0 Å². The highest BCUT2D eigenvalue weighted by Gasteiger charge is 2.22. The molecule has 4 heteroatoms. The molecule has 0 aromatic carbocycles. The van der Waals surface area contributed by atoms with E-state index in [0.29, 0.717) is 19.0 Å². The maximum atomic E-state index is 12.3. The maximum absolute atomic E-state index is 12.3. The Morgan fingerprint density at radius 1 is 1.53 bits per heavy atom. The molecule has 1 rings (SSSR count). The van der Waals surface area contributed by atoms with E-state index in [-0.39, 0.29) is 5.91 Å². The second-order valence-corrected chi connectivity index (χ2v) is 5.67. The molecule has 0 aromatic heterocycles. The Bertz CT molecular complexity index is 302. The average Bonchev–Trinajstić information content (AvgIpc) is 2.36. The second kappa shape index (κ2) is 8.33. The number of carbonyl (C=O) groups excluding carboxylic acids is 1. The number of carbonyl (C=O) groups is 1. The summed E-state index contributed by atoms with van der Waals surface area (Å²) < 4.78 is 0. The van der Waals surface area contributed by atoms with Crippen LogP contribution in [0.1, 0.15) is 26.7 Å². The molecule has 1 atom stereocenters. The normalized spacial score (nSPS) is 20.3. The molecule has 1 heterocycles. The van der Waals surface area contributed by atoms with Crippen LogP contribution in [0.25, 0.3) is 0 Å². The number of piperidine rings is 1. The monoisotopic (exact) mass is 267 g/mol. The molecule has 0 bridgehead atoms. The van der Waals surface area contributed by atoms with Crippen molar-refractivity contribution in [3.05, 3.63) is 12.2 Å². The number of amides is 1. The highest BCUT2D eigenvalue weighted by Crippen LogP contribution is 2.15. The fourth-order valence-electron chi connectivity index (χ4n) is 2.74. The van der Waals surface area contributed by atoms with Gasteiger partial charge in [0, 0.05) is 19.6 Å². The molecule has 0 saturated carbocycles. The van der Waals surface area contributed by atoms with Gasteiger partial charge in [0.25, 0.3) is 0 Å². The molecule has 0 radical (unpaired) electrons. The largest absolute Gasteiger partial charge is 0.338 e. The van der Waals surface area contributed by atoms with Gasteiger partial charge in [-0.1, -0.05) is 12.2 Å². The van der Waals surface area contributed by atoms with Crippen molar-refractivity contribution in [2.24, 2.45) is 5.92 Å². The summed E-state index contributed by atoms with van der Waals surface area (Å²) in [6.07, 6.45) is 2.47. The van der Waals surface area contributed by atoms with Crippen LogP contribution in [0.2, 0.25) is 0 Å². The molecule has 19 heavy (non-hydrogen) atoms. The maximum Gasteiger partial charge on any atom is 0.237 e. The first-order valence-corrected chi connectivity index (χ1v) is 7.35. The Balaban J connectivity index is 2.43. The zero-order valence-electron chi connectivity index (χ0n) is 12.7. The third-order valence-corrected chi connectivity index (χ3v) is 3.65. The summed E-state index contributed by atoms with van der Waals surface area (Å²) in [7, 11) is 2.00. The number of hydrogen-bond donors (Lipinski definition) is 1. The molecule has 4 nitrogen and oxygen atoms in total. The third-order valence-electron chi connectivity index (χ3n) is 3.65. The zero-order chi connectivity index (χ0) is 14.3. The lowest BCUT2D eigenvalue weighted by Crippen LogP contribution is -2.45. The zero-order valence-corrected chi connectivity index (χ0v) is 12.7. The van der Waals surface area contributed by atoms with Gasteiger partial charge in [-0.15, -0.1) is 0 Å². The van der Waals surface area contributed by atoms with Crippen LogP contribution in [-0.4, -0.2) is 62.0 Å². The van der Waals surface area contributed by atoms with Gasteiger partial charge in [-0.2, -0.15) is 0 Å². The average molecular weight is 267 g/mol. The molecule has 110 valence electrons. The van der Waals surface area contributed by atoms with Gasteiger partial charge in [0.05, 0.1) is 6.54 Å². The fourth-order valence-corrected chi connectivity index (χ4v) is 2.74. The summed E-state index contributed by atoms with van der Waals surface area (Å²) in [4.78, 5) is 16.5. The van der Waals surface area contributed by atoms with Crippen molar-refractivity contribution in [3.63, 3.8) is 0 Å². The van der Waals surface area contributed by atoms with Gasteiger partial charge in [0.2, 0.25) is 5.91 Å². The lowest BCUT2D eigenvalue weighted by molar-refractivity contribution is -0.132. The van der Waals surface area contributed by atoms with Crippen molar-refractivity contribution in [2.75, 3.05) is 46.3 Å². The molecule has 1 aliphatic rings. The molecule has 0 spiro atoms. The molecule has 1 fully saturated rings. The Kier molecular flexibility index (Phi) is 7.10. The van der Waals surface area contributed by atoms with Crippen LogP contribution in [0.4, 0.5) is 0 Å². The Morgan fingerprint density at radius 2 is 2.26 bits per heavy atom. The van der Waals surface area contributed by atoms with Crippen molar-refractivity contribution >= 4 is 5.91 Å². The molecule has 1 saturated heterocycles. The highest BCUT2D eigenvalue weighted by molar-refractivity contribution is 5.78. The topological polar surface area (TPSA) is 35.6 Å². The minimum Gasteiger partial charge on any atom is -0.338 e. The van der Waals surface area contributed by atoms with E-state index >= 15 is 0 Å². The van der Waals surface area contributed by atoms with E-state index in [9.17, 15) is 4.79 Å². The van der Waals surface area contributed by atoms with E-state index in [1.165, 1.54) is 12.8 Å². The van der Waals surface area contributed by atoms with Crippen LogP contribution in [0.3, 0.4) is 0 Å². The standard InChI is InChI=1S/C15H29N3O/c1-5-18(10-13(2)3)15(19)12-17-8-6-7-14(11-17)9-16-4/h14,16H,2,5-12H2,1,3-4H3. The van der Waals surface area contributed by atoms with Crippen LogP contribution >= 0.6 is 0 Å². The van der Waals surface area contributed by atoms with Crippen molar-refractivity contribution in [1.29, 1.82) is 0 Å². The van der Waals surface area contributed by atoms with Gasteiger partial charge in [-0.05, 0) is 52.7 Å². The van der Waals surface area contributed by atoms with Gasteiger partial charge in [0.15, 0.2) is 0 Å². The lowest BCUT2D eigenvalue weighted by atomic mass is 9.98. The third kappa shape index (κ3) is 5.74. The summed E-state index contributed by atoms with van der Waals surface area (Å²) in [6.45, 7) is 13.0. The SMILES string of the molecule is C=C(C)CN(CC)C(=O)CN1CCCC(CNC)C1. The minimum atomic E-state index is 0.232. The number of likely N-dealkylation sites (N-methyl/N-ethyl adjacent to an activating group) is 1. The predicted octanol–water partition coefficient (Wildman–Crippen LogP) is 1.34. The van der Waals surface area contributed by atoms with Crippen molar-refractivity contribution < 1.29 is 4.79 Å². The number of nitrogens with one attached hydrogen (secondary N) is 1. The minimum absolute atomic E-state index is 0.232. The first-order valence-electron chi connectivity index (χ1n) is 7.35. The number of hydrogen-bond acceptors (Lipinski definition) is 3. The van der Waals surface area contributed by atoms with Crippen LogP contribution in [0.5, 0.6) is 0 Å². The van der Waals surface area contributed by atoms with Crippen LogP contribution < -0.4 is 5.32 Å². The Morgan fingerprint density at radius 3 is 2.84 bits per heavy atom. The van der Waals surface area contributed by atoms with Crippen molar-refractivity contribution in [1.82, 2.24) is 15.1 Å². The predicted molar refractivity (Wildman–Crippen MR) is 80.2 cm³/mol. The van der Waals surface area contributed by atoms with Crippen LogP contribution in [0.15, 0.2) is 12.2 Å². The van der Waals surface area contributed by atoms with Crippen LogP contribution in [0, 0.1) is 5.92 Å². The molecule has 0 aromatic rings. The van der Waals surface area contributed by atoms with Gasteiger partial charge in [-0.25, -0.2) is 0 Å². The van der Waals surface area contributed by atoms with E-state index in [1.807, 2.05) is 25.8 Å². The van der Waals surface area contributed by atoms with E-state index in [4.69, 9.17) is 0 Å². The molecule has 1 N–H and O–H groups in total.